The molecule has 0 N–H and O–H groups in total. The van der Waals surface area contributed by atoms with Crippen LogP contribution in [0.5, 0.6) is 11.5 Å². The van der Waals surface area contributed by atoms with Gasteiger partial charge in [-0.05, 0) is 84.6 Å². The first-order valence-corrected chi connectivity index (χ1v) is 14.0. The second-order valence-corrected chi connectivity index (χ2v) is 11.6. The van der Waals surface area contributed by atoms with E-state index in [1.54, 1.807) is 23.1 Å². The third kappa shape index (κ3) is 5.75. The van der Waals surface area contributed by atoms with Crippen LogP contribution in [0.4, 0.5) is 14.9 Å². The Kier molecular flexibility index (Phi) is 7.56. The van der Waals surface area contributed by atoms with Crippen LogP contribution in [0.25, 0.3) is 11.1 Å². The molecule has 7 nitrogen and oxygen atoms in total. The zero-order valence-corrected chi connectivity index (χ0v) is 23.6. The molecule has 2 aromatic carbocycles. The van der Waals surface area contributed by atoms with E-state index in [0.29, 0.717) is 24.9 Å². The number of amides is 1. The van der Waals surface area contributed by atoms with Crippen LogP contribution in [0.15, 0.2) is 48.8 Å². The minimum absolute atomic E-state index is 0.183. The number of para-hydroxylation sites is 1. The van der Waals surface area contributed by atoms with Gasteiger partial charge in [-0.25, -0.2) is 9.18 Å². The summed E-state index contributed by atoms with van der Waals surface area (Å²) in [6.07, 6.45) is 7.11. The number of rotatable bonds is 5. The number of aromatic nitrogens is 2. The van der Waals surface area contributed by atoms with Crippen molar-refractivity contribution >= 4 is 11.8 Å². The van der Waals surface area contributed by atoms with Gasteiger partial charge in [0.1, 0.15) is 11.4 Å². The maximum absolute atomic E-state index is 14.7. The van der Waals surface area contributed by atoms with Gasteiger partial charge >= 0.3 is 6.09 Å². The molecule has 208 valence electrons. The van der Waals surface area contributed by atoms with E-state index in [2.05, 4.69) is 30.9 Å². The van der Waals surface area contributed by atoms with Crippen molar-refractivity contribution in [1.29, 1.82) is 0 Å². The zero-order chi connectivity index (χ0) is 27.7. The Hall–Kier alpha value is -3.55. The molecular weight excluding hydrogens is 495 g/mol. The van der Waals surface area contributed by atoms with Crippen LogP contribution in [-0.2, 0) is 11.2 Å². The molecule has 2 aliphatic rings. The van der Waals surface area contributed by atoms with E-state index < -0.39 is 5.60 Å². The normalized spacial score (nSPS) is 18.2. The summed E-state index contributed by atoms with van der Waals surface area (Å²) in [5.41, 5.74) is 3.58. The summed E-state index contributed by atoms with van der Waals surface area (Å²) in [4.78, 5) is 16.6. The number of fused-ring (bicyclic) bond motifs is 1. The SMILES string of the molecule is CCN1c2ccc(-c3cnn(C4CCN(C(=O)OC(C)(C)C)CC4)c3)c(Oc3ccccc3F)c2CC[C@@H]1C. The standard InChI is InChI=1S/C31H39FN4O3/c1-6-35-21(2)11-12-25-27(35)14-13-24(29(25)38-28-10-8-7-9-26(28)32)22-19-33-36(20-22)23-15-17-34(18-16-23)30(37)39-31(3,4)5/h7-10,13-14,19-21,23H,6,11-12,15-18H2,1-5H3/t21-/m0/s1. The molecule has 3 heterocycles. The number of hydrogen-bond acceptors (Lipinski definition) is 5. The van der Waals surface area contributed by atoms with Gasteiger partial charge in [0.25, 0.3) is 0 Å². The topological polar surface area (TPSA) is 59.8 Å². The Morgan fingerprint density at radius 2 is 1.85 bits per heavy atom. The molecule has 0 saturated carbocycles. The van der Waals surface area contributed by atoms with Crippen molar-refractivity contribution in [1.82, 2.24) is 14.7 Å². The summed E-state index contributed by atoms with van der Waals surface area (Å²) >= 11 is 0. The van der Waals surface area contributed by atoms with Crippen LogP contribution < -0.4 is 9.64 Å². The van der Waals surface area contributed by atoms with Gasteiger partial charge in [0, 0.05) is 54.3 Å². The maximum atomic E-state index is 14.7. The van der Waals surface area contributed by atoms with Crippen molar-refractivity contribution < 1.29 is 18.7 Å². The van der Waals surface area contributed by atoms with Crippen molar-refractivity contribution in [3.05, 3.63) is 60.2 Å². The number of hydrogen-bond donors (Lipinski definition) is 0. The van der Waals surface area contributed by atoms with Crippen molar-refractivity contribution in [3.8, 4) is 22.6 Å². The molecule has 0 unspecified atom stereocenters. The third-order valence-corrected chi connectivity index (χ3v) is 7.68. The first-order valence-electron chi connectivity index (χ1n) is 14.0. The number of nitrogens with zero attached hydrogens (tertiary/aromatic N) is 4. The predicted molar refractivity (Wildman–Crippen MR) is 151 cm³/mol. The molecule has 0 aliphatic carbocycles. The molecule has 1 amide bonds. The molecule has 39 heavy (non-hydrogen) atoms. The number of benzene rings is 2. The lowest BCUT2D eigenvalue weighted by Gasteiger charge is -2.37. The maximum Gasteiger partial charge on any atom is 0.410 e. The largest absolute Gasteiger partial charge is 0.453 e. The molecule has 0 bridgehead atoms. The lowest BCUT2D eigenvalue weighted by molar-refractivity contribution is 0.0185. The first-order chi connectivity index (χ1) is 18.6. The zero-order valence-electron chi connectivity index (χ0n) is 23.6. The van der Waals surface area contributed by atoms with Gasteiger partial charge in [0.15, 0.2) is 11.6 Å². The Balaban J connectivity index is 1.42. The van der Waals surface area contributed by atoms with Gasteiger partial charge < -0.3 is 19.3 Å². The molecule has 1 atom stereocenters. The van der Waals surface area contributed by atoms with Crippen molar-refractivity contribution in [2.45, 2.75) is 78.0 Å². The van der Waals surface area contributed by atoms with Crippen LogP contribution in [0.3, 0.4) is 0 Å². The second-order valence-electron chi connectivity index (χ2n) is 11.6. The quantitative estimate of drug-likeness (QED) is 0.346. The molecular formula is C31H39FN4O3. The van der Waals surface area contributed by atoms with Crippen molar-refractivity contribution in [2.75, 3.05) is 24.5 Å². The number of ether oxygens (including phenoxy) is 2. The summed E-state index contributed by atoms with van der Waals surface area (Å²) in [5, 5.41) is 4.71. The summed E-state index contributed by atoms with van der Waals surface area (Å²) in [5.74, 6) is 0.531. The molecule has 3 aromatic rings. The Labute approximate surface area is 230 Å². The first kappa shape index (κ1) is 27.0. The van der Waals surface area contributed by atoms with E-state index >= 15 is 0 Å². The number of piperidine rings is 1. The molecule has 1 aromatic heterocycles. The number of halogens is 1. The van der Waals surface area contributed by atoms with Crippen LogP contribution >= 0.6 is 0 Å². The lowest BCUT2D eigenvalue weighted by Crippen LogP contribution is -2.42. The fraction of sp³-hybridized carbons (Fsp3) is 0.484. The average Bonchev–Trinajstić information content (AvgIpc) is 3.39. The molecule has 0 spiro atoms. The van der Waals surface area contributed by atoms with Crippen molar-refractivity contribution in [2.24, 2.45) is 0 Å². The van der Waals surface area contributed by atoms with Crippen molar-refractivity contribution in [3.63, 3.8) is 0 Å². The Morgan fingerprint density at radius 3 is 2.54 bits per heavy atom. The van der Waals surface area contributed by atoms with E-state index in [0.717, 1.165) is 54.6 Å². The highest BCUT2D eigenvalue weighted by molar-refractivity contribution is 5.78. The van der Waals surface area contributed by atoms with Gasteiger partial charge in [-0.2, -0.15) is 5.10 Å². The van der Waals surface area contributed by atoms with Gasteiger partial charge in [-0.3, -0.25) is 4.68 Å². The molecule has 8 heteroatoms. The monoisotopic (exact) mass is 534 g/mol. The van der Waals surface area contributed by atoms with Crippen LogP contribution in [-0.4, -0.2) is 52.1 Å². The van der Waals surface area contributed by atoms with E-state index in [1.807, 2.05) is 37.8 Å². The van der Waals surface area contributed by atoms with Crippen LogP contribution in [0.1, 0.15) is 65.5 Å². The number of anilines is 1. The minimum Gasteiger partial charge on any atom is -0.453 e. The third-order valence-electron chi connectivity index (χ3n) is 7.68. The summed E-state index contributed by atoms with van der Waals surface area (Å²) in [7, 11) is 0. The Morgan fingerprint density at radius 1 is 1.10 bits per heavy atom. The van der Waals surface area contributed by atoms with Gasteiger partial charge in [0.05, 0.1) is 12.2 Å². The van der Waals surface area contributed by atoms with E-state index in [-0.39, 0.29) is 23.7 Å². The molecule has 1 fully saturated rings. The summed E-state index contributed by atoms with van der Waals surface area (Å²) < 4.78 is 28.6. The smallest absolute Gasteiger partial charge is 0.410 e. The number of likely N-dealkylation sites (tertiary alicyclic amines) is 1. The number of carbonyl (C=O) groups excluding carboxylic acids is 1. The van der Waals surface area contributed by atoms with E-state index in [9.17, 15) is 9.18 Å². The van der Waals surface area contributed by atoms with Gasteiger partial charge in [-0.15, -0.1) is 0 Å². The van der Waals surface area contributed by atoms with Crippen LogP contribution in [0, 0.1) is 5.82 Å². The molecule has 2 aliphatic heterocycles. The summed E-state index contributed by atoms with van der Waals surface area (Å²) in [6, 6.07) is 11.4. The highest BCUT2D eigenvalue weighted by Crippen LogP contribution is 2.45. The fourth-order valence-corrected chi connectivity index (χ4v) is 5.65. The highest BCUT2D eigenvalue weighted by atomic mass is 19.1. The molecule has 5 rings (SSSR count). The Bertz CT molecular complexity index is 1320. The lowest BCUT2D eigenvalue weighted by atomic mass is 9.92. The fourth-order valence-electron chi connectivity index (χ4n) is 5.65. The van der Waals surface area contributed by atoms with E-state index in [4.69, 9.17) is 14.6 Å². The second kappa shape index (κ2) is 10.9. The van der Waals surface area contributed by atoms with Crippen LogP contribution in [0.2, 0.25) is 0 Å². The summed E-state index contributed by atoms with van der Waals surface area (Å²) in [6.45, 7) is 12.2. The van der Waals surface area contributed by atoms with E-state index in [1.165, 1.54) is 6.07 Å². The van der Waals surface area contributed by atoms with Gasteiger partial charge in [-0.1, -0.05) is 12.1 Å². The molecule has 1 saturated heterocycles. The highest BCUT2D eigenvalue weighted by Gasteiger charge is 2.30. The number of carbonyl (C=O) groups is 1. The average molecular weight is 535 g/mol. The minimum atomic E-state index is -0.506. The molecule has 0 radical (unpaired) electrons. The predicted octanol–water partition coefficient (Wildman–Crippen LogP) is 7.21. The van der Waals surface area contributed by atoms with Gasteiger partial charge in [0.2, 0.25) is 0 Å².